The van der Waals surface area contributed by atoms with Crippen molar-refractivity contribution >= 4 is 47.0 Å². The molecule has 6 nitrogen and oxygen atoms in total. The average Bonchev–Trinajstić information content (AvgIpc) is 3.63. The molecule has 0 unspecified atom stereocenters. The van der Waals surface area contributed by atoms with Gasteiger partial charge in [0.15, 0.2) is 5.65 Å². The Bertz CT molecular complexity index is 1160. The van der Waals surface area contributed by atoms with Gasteiger partial charge in [-0.2, -0.15) is 0 Å². The number of nitrogens with zero attached hydrogens (tertiary/aromatic N) is 4. The Morgan fingerprint density at radius 3 is 2.60 bits per heavy atom. The van der Waals surface area contributed by atoms with E-state index in [2.05, 4.69) is 15.3 Å². The van der Waals surface area contributed by atoms with E-state index in [4.69, 9.17) is 35.4 Å². The number of halogens is 2. The van der Waals surface area contributed by atoms with Crippen LogP contribution in [0.3, 0.4) is 0 Å². The Morgan fingerprint density at radius 2 is 1.93 bits per heavy atom. The monoisotopic (exact) mass is 461 g/mol. The summed E-state index contributed by atoms with van der Waals surface area (Å²) in [4.78, 5) is 14.6. The molecule has 1 amide bonds. The zero-order valence-electron chi connectivity index (χ0n) is 16.2. The summed E-state index contributed by atoms with van der Waals surface area (Å²) >= 11 is 18.0. The summed E-state index contributed by atoms with van der Waals surface area (Å²) in [6, 6.07) is 10.4. The molecular weight excluding hydrogens is 441 g/mol. The maximum Gasteiger partial charge on any atom is 0.251 e. The van der Waals surface area contributed by atoms with Gasteiger partial charge in [0, 0.05) is 30.4 Å². The van der Waals surface area contributed by atoms with Crippen LogP contribution in [-0.2, 0) is 13.2 Å². The third-order valence-corrected chi connectivity index (χ3v) is 6.39. The first-order chi connectivity index (χ1) is 14.5. The molecule has 5 rings (SSSR count). The molecule has 9 heteroatoms. The zero-order valence-corrected chi connectivity index (χ0v) is 18.6. The van der Waals surface area contributed by atoms with Crippen molar-refractivity contribution in [2.24, 2.45) is 0 Å². The van der Waals surface area contributed by atoms with E-state index in [0.717, 1.165) is 37.8 Å². The minimum Gasteiger partial charge on any atom is -0.349 e. The Labute approximate surface area is 189 Å². The van der Waals surface area contributed by atoms with Gasteiger partial charge >= 0.3 is 0 Å². The number of hydrogen-bond donors (Lipinski definition) is 1. The summed E-state index contributed by atoms with van der Waals surface area (Å²) in [5, 5.41) is 8.63. The van der Waals surface area contributed by atoms with Gasteiger partial charge in [-0.15, -0.1) is 5.10 Å². The summed E-state index contributed by atoms with van der Waals surface area (Å²) < 4.78 is 4.10. The van der Waals surface area contributed by atoms with E-state index in [9.17, 15) is 4.79 Å². The Balaban J connectivity index is 1.33. The lowest BCUT2D eigenvalue weighted by molar-refractivity contribution is 0.0951. The number of carbonyl (C=O) groups is 1. The molecule has 2 aliphatic carbocycles. The fraction of sp³-hybridized carbons (Fsp3) is 0.381. The highest BCUT2D eigenvalue weighted by molar-refractivity contribution is 7.71. The number of hydrogen-bond acceptors (Lipinski definition) is 4. The van der Waals surface area contributed by atoms with Crippen LogP contribution in [0.1, 0.15) is 41.6 Å². The fourth-order valence-electron chi connectivity index (χ4n) is 3.54. The Kier molecular flexibility index (Phi) is 5.31. The van der Waals surface area contributed by atoms with Gasteiger partial charge in [-0.25, -0.2) is 4.68 Å². The SMILES string of the molecule is O=C(NC1CC1)c1ccc(CN(Cn2nc3c(Cl)cc(Cl)cn3c2=S)C2CC2)cc1. The second-order valence-electron chi connectivity index (χ2n) is 8.05. The van der Waals surface area contributed by atoms with E-state index >= 15 is 0 Å². The summed E-state index contributed by atoms with van der Waals surface area (Å²) in [6.45, 7) is 1.34. The van der Waals surface area contributed by atoms with E-state index in [-0.39, 0.29) is 5.91 Å². The molecule has 2 fully saturated rings. The zero-order chi connectivity index (χ0) is 20.8. The molecule has 0 bridgehead atoms. The number of fused-ring (bicyclic) bond motifs is 1. The van der Waals surface area contributed by atoms with Crippen molar-refractivity contribution in [3.8, 4) is 0 Å². The van der Waals surface area contributed by atoms with Crippen LogP contribution in [0.4, 0.5) is 0 Å². The van der Waals surface area contributed by atoms with E-state index < -0.39 is 0 Å². The second-order valence-corrected chi connectivity index (χ2v) is 9.25. The number of pyridine rings is 1. The highest BCUT2D eigenvalue weighted by atomic mass is 35.5. The third kappa shape index (κ3) is 4.25. The van der Waals surface area contributed by atoms with Gasteiger partial charge in [-0.3, -0.25) is 14.1 Å². The topological polar surface area (TPSA) is 54.6 Å². The molecule has 1 N–H and O–H groups in total. The molecule has 2 aromatic heterocycles. The van der Waals surface area contributed by atoms with Crippen molar-refractivity contribution in [3.05, 3.63) is 62.5 Å². The molecule has 2 saturated carbocycles. The number of rotatable bonds is 7. The first-order valence-corrected chi connectivity index (χ1v) is 11.2. The van der Waals surface area contributed by atoms with Gasteiger partial charge in [0.05, 0.1) is 16.7 Å². The molecule has 0 spiro atoms. The minimum atomic E-state index is 0.00893. The summed E-state index contributed by atoms with van der Waals surface area (Å²) in [5.41, 5.74) is 2.46. The maximum atomic E-state index is 12.2. The van der Waals surface area contributed by atoms with E-state index in [1.54, 1.807) is 21.3 Å². The van der Waals surface area contributed by atoms with Gasteiger partial charge in [-0.05, 0) is 61.7 Å². The van der Waals surface area contributed by atoms with Crippen LogP contribution in [-0.4, -0.2) is 37.1 Å². The first kappa shape index (κ1) is 20.0. The van der Waals surface area contributed by atoms with Crippen LogP contribution in [0.2, 0.25) is 10.0 Å². The van der Waals surface area contributed by atoms with Crippen LogP contribution in [0.25, 0.3) is 5.65 Å². The van der Waals surface area contributed by atoms with Crippen LogP contribution in [0.15, 0.2) is 36.5 Å². The molecule has 0 atom stereocenters. The van der Waals surface area contributed by atoms with Crippen LogP contribution < -0.4 is 5.32 Å². The van der Waals surface area contributed by atoms with Crippen molar-refractivity contribution in [3.63, 3.8) is 0 Å². The van der Waals surface area contributed by atoms with Gasteiger partial charge in [0.2, 0.25) is 4.77 Å². The average molecular weight is 462 g/mol. The van der Waals surface area contributed by atoms with Crippen LogP contribution >= 0.6 is 35.4 Å². The smallest absolute Gasteiger partial charge is 0.251 e. The highest BCUT2D eigenvalue weighted by Crippen LogP contribution is 2.29. The number of nitrogens with one attached hydrogen (secondary N) is 1. The fourth-order valence-corrected chi connectivity index (χ4v) is 4.28. The highest BCUT2D eigenvalue weighted by Gasteiger charge is 2.30. The van der Waals surface area contributed by atoms with Crippen molar-refractivity contribution in [1.82, 2.24) is 24.4 Å². The van der Waals surface area contributed by atoms with Crippen molar-refractivity contribution in [2.45, 2.75) is 51.0 Å². The molecule has 0 aliphatic heterocycles. The van der Waals surface area contributed by atoms with Crippen molar-refractivity contribution < 1.29 is 4.79 Å². The van der Waals surface area contributed by atoms with Gasteiger partial charge in [-0.1, -0.05) is 35.3 Å². The molecule has 1 aromatic carbocycles. The van der Waals surface area contributed by atoms with Crippen molar-refractivity contribution in [2.75, 3.05) is 0 Å². The number of benzene rings is 1. The molecular formula is C21H21Cl2N5OS. The van der Waals surface area contributed by atoms with E-state index in [1.807, 2.05) is 24.3 Å². The summed E-state index contributed by atoms with van der Waals surface area (Å²) in [5.74, 6) is 0.00893. The summed E-state index contributed by atoms with van der Waals surface area (Å²) in [6.07, 6.45) is 6.23. The second kappa shape index (κ2) is 7.96. The van der Waals surface area contributed by atoms with Gasteiger partial charge < -0.3 is 5.32 Å². The number of carbonyl (C=O) groups excluding carboxylic acids is 1. The van der Waals surface area contributed by atoms with E-state index in [1.165, 1.54) is 0 Å². The number of amides is 1. The number of aromatic nitrogens is 3. The first-order valence-electron chi connectivity index (χ1n) is 10.1. The molecule has 30 heavy (non-hydrogen) atoms. The van der Waals surface area contributed by atoms with Crippen LogP contribution in [0, 0.1) is 4.77 Å². The molecule has 156 valence electrons. The quantitative estimate of drug-likeness (QED) is 0.518. The summed E-state index contributed by atoms with van der Waals surface area (Å²) in [7, 11) is 0. The predicted molar refractivity (Wildman–Crippen MR) is 120 cm³/mol. The molecule has 2 aliphatic rings. The van der Waals surface area contributed by atoms with E-state index in [0.29, 0.717) is 44.8 Å². The molecule has 2 heterocycles. The van der Waals surface area contributed by atoms with Crippen molar-refractivity contribution in [1.29, 1.82) is 0 Å². The van der Waals surface area contributed by atoms with Gasteiger partial charge in [0.1, 0.15) is 0 Å². The lowest BCUT2D eigenvalue weighted by Crippen LogP contribution is -2.29. The standard InChI is InChI=1S/C21H21Cl2N5OS/c22-15-9-18(23)19-25-28(21(30)27(19)11-15)12-26(17-7-8-17)10-13-1-3-14(4-2-13)20(29)24-16-5-6-16/h1-4,9,11,16-17H,5-8,10,12H2,(H,24,29). The minimum absolute atomic E-state index is 0.00893. The maximum absolute atomic E-state index is 12.2. The molecule has 0 radical (unpaired) electrons. The van der Waals surface area contributed by atoms with Crippen LogP contribution in [0.5, 0.6) is 0 Å². The lowest BCUT2D eigenvalue weighted by Gasteiger charge is -2.21. The normalized spacial score (nSPS) is 16.4. The Morgan fingerprint density at radius 1 is 1.20 bits per heavy atom. The third-order valence-electron chi connectivity index (χ3n) is 5.49. The molecule has 3 aromatic rings. The lowest BCUT2D eigenvalue weighted by atomic mass is 10.1. The molecule has 0 saturated heterocycles. The Hall–Kier alpha value is -1.93. The predicted octanol–water partition coefficient (Wildman–Crippen LogP) is 4.69. The largest absolute Gasteiger partial charge is 0.349 e. The van der Waals surface area contributed by atoms with Gasteiger partial charge in [0.25, 0.3) is 5.91 Å².